The average Bonchev–Trinajstić information content (AvgIpc) is 3.39. The molecule has 0 spiro atoms. The second kappa shape index (κ2) is 59.3. The van der Waals surface area contributed by atoms with E-state index in [-0.39, 0.29) is 44.0 Å². The second-order valence-corrected chi connectivity index (χ2v) is 18.1. The largest absolute Gasteiger partial charge is 0.462 e. The summed E-state index contributed by atoms with van der Waals surface area (Å²) in [4.78, 5) is 37.7. The summed E-state index contributed by atoms with van der Waals surface area (Å²) < 4.78 is 16.6. The Balaban J connectivity index is 4.24. The molecule has 0 aromatic carbocycles. The predicted molar refractivity (Wildman–Crippen MR) is 315 cm³/mol. The lowest BCUT2D eigenvalue weighted by Gasteiger charge is -2.18. The standard InChI is InChI=1S/C67H102O6/c1-4-7-10-13-15-17-19-21-23-25-26-27-28-29-30-31-32-33-34-35-36-37-38-39-40-42-43-45-47-49-51-54-57-60-66(69)72-63-64(62-71-65(68)59-56-53-12-9-6-3)73-67(70)61-58-55-52-50-48-46-44-41-24-22-20-18-16-14-11-8-5-2/h7-8,10-11,15-18,21-24,26-27,29-30,32-33,35-36,38-39,42-44,46-47,49,64H,4-6,9,12-14,19-20,25,28,31,34,37,40-41,45,48,50-63H2,1-3H3/b10-7-,11-8-,17-15-,18-16-,23-21-,24-22-,27-26-,30-29-,33-32-,36-35-,39-38-,43-42-,46-44-,49-47-. The van der Waals surface area contributed by atoms with Gasteiger partial charge in [-0.25, -0.2) is 0 Å². The number of carbonyl (C=O) groups is 3. The first-order valence-corrected chi connectivity index (χ1v) is 28.6. The second-order valence-electron chi connectivity index (χ2n) is 18.1. The summed E-state index contributed by atoms with van der Waals surface area (Å²) in [5, 5.41) is 0. The summed E-state index contributed by atoms with van der Waals surface area (Å²) in [5.41, 5.74) is 0. The summed E-state index contributed by atoms with van der Waals surface area (Å²) in [6.45, 7) is 6.24. The van der Waals surface area contributed by atoms with Crippen molar-refractivity contribution in [3.8, 4) is 0 Å². The molecule has 0 amide bonds. The molecular weight excluding hydrogens is 901 g/mol. The number of hydrogen-bond acceptors (Lipinski definition) is 6. The van der Waals surface area contributed by atoms with E-state index in [0.717, 1.165) is 167 Å². The fraction of sp³-hybridized carbons (Fsp3) is 0.537. The molecule has 0 rings (SSSR count). The Kier molecular flexibility index (Phi) is 55.1. The van der Waals surface area contributed by atoms with Gasteiger partial charge in [0.05, 0.1) is 0 Å². The van der Waals surface area contributed by atoms with E-state index >= 15 is 0 Å². The number of carbonyl (C=O) groups excluding carboxylic acids is 3. The van der Waals surface area contributed by atoms with Crippen LogP contribution >= 0.6 is 0 Å². The van der Waals surface area contributed by atoms with Crippen molar-refractivity contribution >= 4 is 17.9 Å². The molecule has 0 aliphatic heterocycles. The van der Waals surface area contributed by atoms with Crippen molar-refractivity contribution in [3.63, 3.8) is 0 Å². The molecule has 0 bridgehead atoms. The van der Waals surface area contributed by atoms with E-state index in [4.69, 9.17) is 14.2 Å². The van der Waals surface area contributed by atoms with E-state index in [0.29, 0.717) is 12.8 Å². The zero-order valence-corrected chi connectivity index (χ0v) is 46.3. The van der Waals surface area contributed by atoms with Gasteiger partial charge < -0.3 is 14.2 Å². The fourth-order valence-corrected chi connectivity index (χ4v) is 6.99. The van der Waals surface area contributed by atoms with Gasteiger partial charge in [0.15, 0.2) is 6.10 Å². The van der Waals surface area contributed by atoms with Gasteiger partial charge in [-0.3, -0.25) is 14.4 Å². The molecule has 0 aromatic rings. The van der Waals surface area contributed by atoms with Gasteiger partial charge in [-0.2, -0.15) is 0 Å². The number of esters is 3. The molecular formula is C67H102O6. The van der Waals surface area contributed by atoms with Crippen LogP contribution in [0, 0.1) is 0 Å². The smallest absolute Gasteiger partial charge is 0.306 e. The number of unbranched alkanes of at least 4 members (excludes halogenated alkanes) is 10. The summed E-state index contributed by atoms with van der Waals surface area (Å²) >= 11 is 0. The maximum atomic E-state index is 12.8. The Hall–Kier alpha value is -5.23. The van der Waals surface area contributed by atoms with Crippen LogP contribution in [0.4, 0.5) is 0 Å². The average molecular weight is 1000 g/mol. The first-order valence-electron chi connectivity index (χ1n) is 28.6. The Morgan fingerprint density at radius 2 is 0.534 bits per heavy atom. The van der Waals surface area contributed by atoms with E-state index in [1.54, 1.807) is 0 Å². The van der Waals surface area contributed by atoms with Crippen LogP contribution in [0.15, 0.2) is 170 Å². The van der Waals surface area contributed by atoms with Crippen molar-refractivity contribution in [1.82, 2.24) is 0 Å². The van der Waals surface area contributed by atoms with E-state index < -0.39 is 6.10 Å². The molecule has 406 valence electrons. The van der Waals surface area contributed by atoms with Gasteiger partial charge in [0.2, 0.25) is 0 Å². The van der Waals surface area contributed by atoms with Crippen molar-refractivity contribution in [1.29, 1.82) is 0 Å². The fourth-order valence-electron chi connectivity index (χ4n) is 6.99. The van der Waals surface area contributed by atoms with Gasteiger partial charge in [-0.1, -0.05) is 229 Å². The van der Waals surface area contributed by atoms with Crippen LogP contribution < -0.4 is 0 Å². The van der Waals surface area contributed by atoms with E-state index in [2.05, 4.69) is 191 Å². The van der Waals surface area contributed by atoms with Crippen LogP contribution in [0.5, 0.6) is 0 Å². The van der Waals surface area contributed by atoms with Gasteiger partial charge in [-0.05, 0) is 135 Å². The van der Waals surface area contributed by atoms with Crippen LogP contribution in [-0.4, -0.2) is 37.2 Å². The summed E-state index contributed by atoms with van der Waals surface area (Å²) in [5.74, 6) is -1.01. The molecule has 0 fully saturated rings. The normalized spacial score (nSPS) is 13.4. The molecule has 1 atom stereocenters. The Morgan fingerprint density at radius 3 is 0.849 bits per heavy atom. The maximum absolute atomic E-state index is 12.8. The topological polar surface area (TPSA) is 78.9 Å². The van der Waals surface area contributed by atoms with Crippen molar-refractivity contribution < 1.29 is 28.6 Å². The van der Waals surface area contributed by atoms with Crippen LogP contribution in [0.3, 0.4) is 0 Å². The number of hydrogen-bond donors (Lipinski definition) is 0. The third-order valence-corrected chi connectivity index (χ3v) is 11.2. The molecule has 6 heteroatoms. The van der Waals surface area contributed by atoms with Gasteiger partial charge in [0.1, 0.15) is 13.2 Å². The van der Waals surface area contributed by atoms with Crippen molar-refractivity contribution in [3.05, 3.63) is 170 Å². The highest BCUT2D eigenvalue weighted by molar-refractivity contribution is 5.71. The van der Waals surface area contributed by atoms with E-state index in [1.165, 1.54) is 0 Å². The van der Waals surface area contributed by atoms with Crippen molar-refractivity contribution in [2.45, 2.75) is 219 Å². The minimum Gasteiger partial charge on any atom is -0.462 e. The summed E-state index contributed by atoms with van der Waals surface area (Å²) in [6.07, 6.45) is 88.2. The Bertz CT molecular complexity index is 1720. The maximum Gasteiger partial charge on any atom is 0.306 e. The molecule has 73 heavy (non-hydrogen) atoms. The van der Waals surface area contributed by atoms with E-state index in [1.807, 2.05) is 0 Å². The highest BCUT2D eigenvalue weighted by atomic mass is 16.6. The monoisotopic (exact) mass is 1000 g/mol. The molecule has 0 heterocycles. The molecule has 1 unspecified atom stereocenters. The van der Waals surface area contributed by atoms with Gasteiger partial charge in [0, 0.05) is 19.3 Å². The predicted octanol–water partition coefficient (Wildman–Crippen LogP) is 19.5. The van der Waals surface area contributed by atoms with Crippen LogP contribution in [0.1, 0.15) is 213 Å². The lowest BCUT2D eigenvalue weighted by Crippen LogP contribution is -2.30. The third kappa shape index (κ3) is 57.5. The zero-order valence-electron chi connectivity index (χ0n) is 46.3. The van der Waals surface area contributed by atoms with Crippen LogP contribution in [-0.2, 0) is 28.6 Å². The van der Waals surface area contributed by atoms with Crippen molar-refractivity contribution in [2.24, 2.45) is 0 Å². The quantitative estimate of drug-likeness (QED) is 0.0261. The third-order valence-electron chi connectivity index (χ3n) is 11.2. The molecule has 6 nitrogen and oxygen atoms in total. The molecule has 0 aliphatic carbocycles. The highest BCUT2D eigenvalue weighted by Gasteiger charge is 2.19. The van der Waals surface area contributed by atoms with Gasteiger partial charge in [-0.15, -0.1) is 0 Å². The Labute approximate surface area is 447 Å². The number of allylic oxidation sites excluding steroid dienone is 28. The minimum atomic E-state index is -0.813. The van der Waals surface area contributed by atoms with Crippen LogP contribution in [0.25, 0.3) is 0 Å². The summed E-state index contributed by atoms with van der Waals surface area (Å²) in [6, 6.07) is 0. The highest BCUT2D eigenvalue weighted by Crippen LogP contribution is 2.11. The zero-order chi connectivity index (χ0) is 52.9. The van der Waals surface area contributed by atoms with Gasteiger partial charge >= 0.3 is 17.9 Å². The van der Waals surface area contributed by atoms with Crippen LogP contribution in [0.2, 0.25) is 0 Å². The Morgan fingerprint density at radius 1 is 0.288 bits per heavy atom. The SMILES string of the molecule is CC/C=C\C/C=C\C/C=C\C/C=C\C/C=C\C/C=C\C/C=C\C/C=C\C/C=C\C/C=C\CCCCC(=O)OCC(COC(=O)CCCCCCC)OC(=O)CCCCCC/C=C\C/C=C\C/C=C\C/C=C\CC. The minimum absolute atomic E-state index is 0.110. The molecule has 0 saturated carbocycles. The molecule has 0 N–H and O–H groups in total. The molecule has 0 aliphatic rings. The van der Waals surface area contributed by atoms with Gasteiger partial charge in [0.25, 0.3) is 0 Å². The van der Waals surface area contributed by atoms with E-state index in [9.17, 15) is 14.4 Å². The number of ether oxygens (including phenoxy) is 3. The lowest BCUT2D eigenvalue weighted by molar-refractivity contribution is -0.167. The molecule has 0 radical (unpaired) electrons. The molecule has 0 aromatic heterocycles. The lowest BCUT2D eigenvalue weighted by atomic mass is 10.1. The summed E-state index contributed by atoms with van der Waals surface area (Å²) in [7, 11) is 0. The van der Waals surface area contributed by atoms with Crippen molar-refractivity contribution in [2.75, 3.05) is 13.2 Å². The first-order chi connectivity index (χ1) is 36.0. The number of rotatable bonds is 49. The first kappa shape index (κ1) is 67.8. The molecule has 0 saturated heterocycles.